The van der Waals surface area contributed by atoms with Crippen LogP contribution in [0.3, 0.4) is 0 Å². The van der Waals surface area contributed by atoms with Gasteiger partial charge in [-0.25, -0.2) is 4.79 Å². The van der Waals surface area contributed by atoms with Crippen molar-refractivity contribution in [2.45, 2.75) is 31.8 Å². The molecular formula is C15H17N3O3. The number of carboxylic acids is 1. The first kappa shape index (κ1) is 14.9. The number of carboxylic acid groups (broad SMARTS) is 1. The lowest BCUT2D eigenvalue weighted by Crippen LogP contribution is -2.42. The Balaban J connectivity index is 1.89. The Morgan fingerprint density at radius 1 is 1.43 bits per heavy atom. The Morgan fingerprint density at radius 2 is 2.19 bits per heavy atom. The van der Waals surface area contributed by atoms with E-state index in [4.69, 9.17) is 10.4 Å². The van der Waals surface area contributed by atoms with Gasteiger partial charge in [-0.05, 0) is 30.5 Å². The van der Waals surface area contributed by atoms with Gasteiger partial charge in [-0.15, -0.1) is 0 Å². The number of amides is 2. The molecule has 1 aliphatic rings. The number of hydrogen-bond donors (Lipinski definition) is 2. The summed E-state index contributed by atoms with van der Waals surface area (Å²) in [6.45, 7) is 0.550. The molecule has 0 radical (unpaired) electrons. The van der Waals surface area contributed by atoms with Crippen LogP contribution in [0.1, 0.15) is 30.4 Å². The highest BCUT2D eigenvalue weighted by atomic mass is 16.4. The van der Waals surface area contributed by atoms with E-state index in [0.717, 1.165) is 18.4 Å². The van der Waals surface area contributed by atoms with Crippen molar-refractivity contribution < 1.29 is 14.7 Å². The maximum absolute atomic E-state index is 12.1. The Hall–Kier alpha value is -2.55. The summed E-state index contributed by atoms with van der Waals surface area (Å²) in [6.07, 6.45) is 1.81. The molecule has 0 aromatic heterocycles. The van der Waals surface area contributed by atoms with Gasteiger partial charge in [-0.1, -0.05) is 12.1 Å². The van der Waals surface area contributed by atoms with Crippen LogP contribution in [0.2, 0.25) is 0 Å². The van der Waals surface area contributed by atoms with E-state index in [2.05, 4.69) is 11.4 Å². The largest absolute Gasteiger partial charge is 0.481 e. The van der Waals surface area contributed by atoms with Gasteiger partial charge in [0.25, 0.3) is 0 Å². The lowest BCUT2D eigenvalue weighted by Gasteiger charge is -2.22. The van der Waals surface area contributed by atoms with Crippen LogP contribution in [0.25, 0.3) is 0 Å². The molecule has 1 aromatic carbocycles. The summed E-state index contributed by atoms with van der Waals surface area (Å²) >= 11 is 0. The first-order valence-electron chi connectivity index (χ1n) is 6.85. The average Bonchev–Trinajstić information content (AvgIpc) is 3.30. The fraction of sp³-hybridized carbons (Fsp3) is 0.400. The number of hydrogen-bond acceptors (Lipinski definition) is 3. The highest BCUT2D eigenvalue weighted by molar-refractivity contribution is 5.76. The Kier molecular flexibility index (Phi) is 4.77. The molecule has 0 saturated heterocycles. The third-order valence-corrected chi connectivity index (χ3v) is 3.31. The lowest BCUT2D eigenvalue weighted by atomic mass is 10.1. The molecule has 2 rings (SSSR count). The standard InChI is InChI=1S/C15H17N3O3/c16-9-11-2-1-3-12(8-11)10-17-15(21)18(13-4-5-13)7-6-14(19)20/h1-3,8,13H,4-7,10H2,(H,17,21)(H,19,20). The number of rotatable bonds is 6. The van der Waals surface area contributed by atoms with Crippen molar-refractivity contribution in [1.29, 1.82) is 5.26 Å². The van der Waals surface area contributed by atoms with E-state index in [0.29, 0.717) is 12.1 Å². The molecule has 110 valence electrons. The van der Waals surface area contributed by atoms with Crippen molar-refractivity contribution in [3.63, 3.8) is 0 Å². The van der Waals surface area contributed by atoms with Crippen LogP contribution in [0.5, 0.6) is 0 Å². The molecule has 0 spiro atoms. The Labute approximate surface area is 123 Å². The predicted octanol–water partition coefficient (Wildman–Crippen LogP) is 1.71. The number of urea groups is 1. The number of nitrogens with one attached hydrogen (secondary N) is 1. The van der Waals surface area contributed by atoms with E-state index in [1.165, 1.54) is 0 Å². The van der Waals surface area contributed by atoms with Gasteiger partial charge in [0.2, 0.25) is 0 Å². The molecule has 0 atom stereocenters. The zero-order chi connectivity index (χ0) is 15.2. The van der Waals surface area contributed by atoms with E-state index in [1.807, 2.05) is 6.07 Å². The van der Waals surface area contributed by atoms with Crippen molar-refractivity contribution in [3.8, 4) is 6.07 Å². The van der Waals surface area contributed by atoms with Gasteiger partial charge in [0.1, 0.15) is 0 Å². The summed E-state index contributed by atoms with van der Waals surface area (Å²) in [5.74, 6) is -0.907. The molecule has 6 heteroatoms. The van der Waals surface area contributed by atoms with Crippen LogP contribution in [0.4, 0.5) is 4.79 Å². The van der Waals surface area contributed by atoms with Gasteiger partial charge in [0.05, 0.1) is 18.1 Å². The molecular weight excluding hydrogens is 270 g/mol. The second-order valence-electron chi connectivity index (χ2n) is 5.04. The number of aliphatic carboxylic acids is 1. The molecule has 1 saturated carbocycles. The molecule has 2 N–H and O–H groups in total. The molecule has 0 unspecified atom stereocenters. The SMILES string of the molecule is N#Cc1cccc(CNC(=O)N(CCC(=O)O)C2CC2)c1. The smallest absolute Gasteiger partial charge is 0.317 e. The van der Waals surface area contributed by atoms with Crippen LogP contribution in [-0.2, 0) is 11.3 Å². The molecule has 1 aliphatic carbocycles. The maximum Gasteiger partial charge on any atom is 0.317 e. The van der Waals surface area contributed by atoms with Crippen LogP contribution in [-0.4, -0.2) is 34.6 Å². The number of carbonyl (C=O) groups is 2. The fourth-order valence-electron chi connectivity index (χ4n) is 2.08. The first-order chi connectivity index (χ1) is 10.1. The van der Waals surface area contributed by atoms with Gasteiger partial charge in [-0.2, -0.15) is 5.26 Å². The molecule has 0 heterocycles. The average molecular weight is 287 g/mol. The first-order valence-corrected chi connectivity index (χ1v) is 6.85. The molecule has 6 nitrogen and oxygen atoms in total. The summed E-state index contributed by atoms with van der Waals surface area (Å²) < 4.78 is 0. The molecule has 0 aliphatic heterocycles. The molecule has 2 amide bonds. The second kappa shape index (κ2) is 6.75. The quantitative estimate of drug-likeness (QED) is 0.832. The number of nitriles is 1. The van der Waals surface area contributed by atoms with Gasteiger partial charge in [0, 0.05) is 19.1 Å². The number of benzene rings is 1. The molecule has 1 fully saturated rings. The van der Waals surface area contributed by atoms with Crippen molar-refractivity contribution in [2.24, 2.45) is 0 Å². The summed E-state index contributed by atoms with van der Waals surface area (Å²) in [5, 5.41) is 20.3. The second-order valence-corrected chi connectivity index (χ2v) is 5.04. The molecule has 0 bridgehead atoms. The maximum atomic E-state index is 12.1. The molecule has 21 heavy (non-hydrogen) atoms. The topological polar surface area (TPSA) is 93.4 Å². The van der Waals surface area contributed by atoms with Crippen LogP contribution < -0.4 is 5.32 Å². The zero-order valence-corrected chi connectivity index (χ0v) is 11.6. The highest BCUT2D eigenvalue weighted by Gasteiger charge is 2.32. The predicted molar refractivity (Wildman–Crippen MR) is 75.4 cm³/mol. The van der Waals surface area contributed by atoms with Gasteiger partial charge in [-0.3, -0.25) is 4.79 Å². The van der Waals surface area contributed by atoms with Crippen molar-refractivity contribution >= 4 is 12.0 Å². The normalized spacial score (nSPS) is 13.3. The lowest BCUT2D eigenvalue weighted by molar-refractivity contribution is -0.137. The van der Waals surface area contributed by atoms with Crippen molar-refractivity contribution in [1.82, 2.24) is 10.2 Å². The fourth-order valence-corrected chi connectivity index (χ4v) is 2.08. The van der Waals surface area contributed by atoms with Gasteiger partial charge < -0.3 is 15.3 Å². The molecule has 1 aromatic rings. The third kappa shape index (κ3) is 4.49. The minimum absolute atomic E-state index is 0.0478. The van der Waals surface area contributed by atoms with Gasteiger partial charge >= 0.3 is 12.0 Å². The number of nitrogens with zero attached hydrogens (tertiary/aromatic N) is 2. The van der Waals surface area contributed by atoms with E-state index in [1.54, 1.807) is 23.1 Å². The van der Waals surface area contributed by atoms with Crippen LogP contribution >= 0.6 is 0 Å². The summed E-state index contributed by atoms with van der Waals surface area (Å²) in [6, 6.07) is 8.99. The summed E-state index contributed by atoms with van der Waals surface area (Å²) in [5.41, 5.74) is 1.39. The summed E-state index contributed by atoms with van der Waals surface area (Å²) in [4.78, 5) is 24.3. The monoisotopic (exact) mass is 287 g/mol. The third-order valence-electron chi connectivity index (χ3n) is 3.31. The Bertz CT molecular complexity index is 576. The van der Waals surface area contributed by atoms with Crippen molar-refractivity contribution in [2.75, 3.05) is 6.54 Å². The van der Waals surface area contributed by atoms with Crippen LogP contribution in [0.15, 0.2) is 24.3 Å². The minimum atomic E-state index is -0.907. The van der Waals surface area contributed by atoms with E-state index < -0.39 is 5.97 Å². The van der Waals surface area contributed by atoms with E-state index in [9.17, 15) is 9.59 Å². The van der Waals surface area contributed by atoms with Crippen LogP contribution in [0, 0.1) is 11.3 Å². The zero-order valence-electron chi connectivity index (χ0n) is 11.6. The van der Waals surface area contributed by atoms with E-state index in [-0.39, 0.29) is 25.0 Å². The number of carbonyl (C=O) groups excluding carboxylic acids is 1. The highest BCUT2D eigenvalue weighted by Crippen LogP contribution is 2.27. The van der Waals surface area contributed by atoms with Gasteiger partial charge in [0.15, 0.2) is 0 Å². The Morgan fingerprint density at radius 3 is 2.81 bits per heavy atom. The minimum Gasteiger partial charge on any atom is -0.481 e. The van der Waals surface area contributed by atoms with Crippen molar-refractivity contribution in [3.05, 3.63) is 35.4 Å². The summed E-state index contributed by atoms with van der Waals surface area (Å²) in [7, 11) is 0. The van der Waals surface area contributed by atoms with E-state index >= 15 is 0 Å².